The van der Waals surface area contributed by atoms with Crippen LogP contribution in [0.4, 0.5) is 0 Å². The predicted molar refractivity (Wildman–Crippen MR) is 67.9 cm³/mol. The van der Waals surface area contributed by atoms with Crippen LogP contribution in [0.2, 0.25) is 0 Å². The average molecular weight is 280 g/mol. The fraction of sp³-hybridized carbons (Fsp3) is 0.429. The van der Waals surface area contributed by atoms with Crippen molar-refractivity contribution in [2.45, 2.75) is 32.2 Å². The Hall–Kier alpha value is -1.39. The van der Waals surface area contributed by atoms with Gasteiger partial charge < -0.3 is 22.2 Å². The molecular formula is C14H18ClN3O. The molecular weight excluding hydrogens is 262 g/mol. The van der Waals surface area contributed by atoms with Crippen molar-refractivity contribution in [1.82, 2.24) is 10.1 Å². The van der Waals surface area contributed by atoms with E-state index in [-0.39, 0.29) is 12.4 Å². The second-order valence-corrected chi connectivity index (χ2v) is 4.95. The lowest BCUT2D eigenvalue weighted by Crippen LogP contribution is -3.00. The lowest BCUT2D eigenvalue weighted by Gasteiger charge is -2.15. The molecule has 0 amide bonds. The number of hydrogen-bond donors (Lipinski definition) is 1. The first kappa shape index (κ1) is 14.0. The molecule has 1 saturated heterocycles. The van der Waals surface area contributed by atoms with E-state index in [2.05, 4.69) is 34.5 Å². The fourth-order valence-electron chi connectivity index (χ4n) is 2.46. The quantitative estimate of drug-likeness (QED) is 0.754. The summed E-state index contributed by atoms with van der Waals surface area (Å²) < 4.78 is 5.41. The summed E-state index contributed by atoms with van der Waals surface area (Å²) in [5.41, 5.74) is 2.24. The number of quaternary nitrogens is 1. The van der Waals surface area contributed by atoms with Gasteiger partial charge in [-0.2, -0.15) is 4.98 Å². The number of benzene rings is 1. The van der Waals surface area contributed by atoms with E-state index in [4.69, 9.17) is 4.52 Å². The molecule has 0 radical (unpaired) electrons. The van der Waals surface area contributed by atoms with Gasteiger partial charge in [-0.3, -0.25) is 0 Å². The first-order valence-electron chi connectivity index (χ1n) is 6.57. The third-order valence-corrected chi connectivity index (χ3v) is 3.46. The summed E-state index contributed by atoms with van der Waals surface area (Å²) in [6, 6.07) is 8.54. The number of rotatable bonds is 2. The Kier molecular flexibility index (Phi) is 4.56. The van der Waals surface area contributed by atoms with Crippen molar-refractivity contribution in [1.29, 1.82) is 0 Å². The number of aromatic nitrogens is 2. The molecule has 2 N–H and O–H groups in total. The van der Waals surface area contributed by atoms with Crippen LogP contribution in [0.5, 0.6) is 0 Å². The van der Waals surface area contributed by atoms with Crippen molar-refractivity contribution in [3.8, 4) is 11.4 Å². The molecule has 1 fully saturated rings. The van der Waals surface area contributed by atoms with Crippen molar-refractivity contribution in [2.75, 3.05) is 6.54 Å². The van der Waals surface area contributed by atoms with Gasteiger partial charge in [0.05, 0.1) is 6.54 Å². The zero-order valence-corrected chi connectivity index (χ0v) is 11.7. The van der Waals surface area contributed by atoms with Crippen molar-refractivity contribution >= 4 is 0 Å². The minimum atomic E-state index is 0. The highest BCUT2D eigenvalue weighted by Gasteiger charge is 2.24. The highest BCUT2D eigenvalue weighted by atomic mass is 35.5. The van der Waals surface area contributed by atoms with Crippen LogP contribution >= 0.6 is 0 Å². The molecule has 1 aliphatic heterocycles. The summed E-state index contributed by atoms with van der Waals surface area (Å²) in [6.45, 7) is 3.23. The van der Waals surface area contributed by atoms with Crippen molar-refractivity contribution in [2.24, 2.45) is 0 Å². The van der Waals surface area contributed by atoms with Gasteiger partial charge in [0.25, 0.3) is 5.89 Å². The summed E-state index contributed by atoms with van der Waals surface area (Å²) in [6.07, 6.45) is 3.67. The van der Waals surface area contributed by atoms with Crippen LogP contribution in [-0.4, -0.2) is 16.7 Å². The van der Waals surface area contributed by atoms with Gasteiger partial charge in [0.1, 0.15) is 0 Å². The molecule has 2 aromatic rings. The van der Waals surface area contributed by atoms with Crippen LogP contribution < -0.4 is 17.7 Å². The molecule has 5 heteroatoms. The molecule has 1 aromatic carbocycles. The van der Waals surface area contributed by atoms with E-state index in [1.165, 1.54) is 18.4 Å². The molecule has 1 aromatic heterocycles. The highest BCUT2D eigenvalue weighted by Crippen LogP contribution is 2.21. The molecule has 0 saturated carbocycles. The normalized spacial score (nSPS) is 18.9. The van der Waals surface area contributed by atoms with Gasteiger partial charge in [-0.1, -0.05) is 28.9 Å². The number of aryl methyl sites for hydroxylation is 1. The van der Waals surface area contributed by atoms with E-state index >= 15 is 0 Å². The molecule has 0 aliphatic carbocycles. The Balaban J connectivity index is 0.00000133. The lowest BCUT2D eigenvalue weighted by atomic mass is 10.1. The van der Waals surface area contributed by atoms with E-state index in [1.54, 1.807) is 0 Å². The van der Waals surface area contributed by atoms with Crippen LogP contribution in [0.25, 0.3) is 11.4 Å². The number of nitrogens with two attached hydrogens (primary N) is 1. The minimum absolute atomic E-state index is 0. The molecule has 19 heavy (non-hydrogen) atoms. The molecule has 4 nitrogen and oxygen atoms in total. The van der Waals surface area contributed by atoms with Gasteiger partial charge in [-0.05, 0) is 25.8 Å². The Morgan fingerprint density at radius 1 is 1.32 bits per heavy atom. The van der Waals surface area contributed by atoms with Crippen LogP contribution in [-0.2, 0) is 0 Å². The maximum atomic E-state index is 5.41. The standard InChI is InChI=1S/C14H17N3O.ClH/c1-10-5-4-6-11(9-10)13-16-14(18-17-13)12-7-2-3-8-15-12;/h4-6,9,12,15H,2-3,7-8H2,1H3;1H. The van der Waals surface area contributed by atoms with Crippen molar-refractivity contribution in [3.05, 3.63) is 35.7 Å². The zero-order chi connectivity index (χ0) is 12.4. The average Bonchev–Trinajstić information content (AvgIpc) is 2.89. The van der Waals surface area contributed by atoms with E-state index in [0.717, 1.165) is 24.4 Å². The van der Waals surface area contributed by atoms with E-state index in [1.807, 2.05) is 12.1 Å². The number of halogens is 1. The van der Waals surface area contributed by atoms with Crippen LogP contribution in [0.1, 0.15) is 36.8 Å². The van der Waals surface area contributed by atoms with Gasteiger partial charge in [-0.15, -0.1) is 0 Å². The Morgan fingerprint density at radius 2 is 2.21 bits per heavy atom. The molecule has 0 bridgehead atoms. The topological polar surface area (TPSA) is 55.5 Å². The summed E-state index contributed by atoms with van der Waals surface area (Å²) in [5.74, 6) is 1.47. The Labute approximate surface area is 119 Å². The summed E-state index contributed by atoms with van der Waals surface area (Å²) in [7, 11) is 0. The highest BCUT2D eigenvalue weighted by molar-refractivity contribution is 5.55. The predicted octanol–water partition coefficient (Wildman–Crippen LogP) is -1.16. The SMILES string of the molecule is Cc1cccc(-c2noc(C3CCCC[NH2+]3)n2)c1.[Cl-]. The number of nitrogens with zero attached hydrogens (tertiary/aromatic N) is 2. The number of piperidine rings is 1. The fourth-order valence-corrected chi connectivity index (χ4v) is 2.46. The first-order chi connectivity index (χ1) is 8.83. The second-order valence-electron chi connectivity index (χ2n) is 4.95. The third-order valence-electron chi connectivity index (χ3n) is 3.46. The number of hydrogen-bond acceptors (Lipinski definition) is 3. The summed E-state index contributed by atoms with van der Waals surface area (Å²) in [4.78, 5) is 4.54. The molecule has 102 valence electrons. The van der Waals surface area contributed by atoms with Gasteiger partial charge in [0.2, 0.25) is 5.82 Å². The van der Waals surface area contributed by atoms with Crippen molar-refractivity contribution < 1.29 is 22.2 Å². The van der Waals surface area contributed by atoms with Crippen molar-refractivity contribution in [3.63, 3.8) is 0 Å². The van der Waals surface area contributed by atoms with Gasteiger partial charge in [0.15, 0.2) is 6.04 Å². The Morgan fingerprint density at radius 3 is 2.95 bits per heavy atom. The third kappa shape index (κ3) is 3.14. The molecule has 3 rings (SSSR count). The van der Waals surface area contributed by atoms with E-state index in [0.29, 0.717) is 11.9 Å². The summed E-state index contributed by atoms with van der Waals surface area (Å²) in [5, 5.41) is 6.40. The van der Waals surface area contributed by atoms with Gasteiger partial charge >= 0.3 is 0 Å². The largest absolute Gasteiger partial charge is 1.00 e. The molecule has 1 aliphatic rings. The van der Waals surface area contributed by atoms with Gasteiger partial charge in [0, 0.05) is 12.0 Å². The first-order valence-corrected chi connectivity index (χ1v) is 6.57. The van der Waals surface area contributed by atoms with Crippen LogP contribution in [0.3, 0.4) is 0 Å². The molecule has 0 spiro atoms. The molecule has 1 atom stereocenters. The zero-order valence-electron chi connectivity index (χ0n) is 11.0. The maximum absolute atomic E-state index is 5.41. The maximum Gasteiger partial charge on any atom is 0.285 e. The van der Waals surface area contributed by atoms with Crippen LogP contribution in [0, 0.1) is 6.92 Å². The minimum Gasteiger partial charge on any atom is -1.00 e. The smallest absolute Gasteiger partial charge is 0.285 e. The monoisotopic (exact) mass is 279 g/mol. The molecule has 2 heterocycles. The Bertz CT molecular complexity index is 535. The van der Waals surface area contributed by atoms with Gasteiger partial charge in [-0.25, -0.2) is 0 Å². The van der Waals surface area contributed by atoms with E-state index < -0.39 is 0 Å². The van der Waals surface area contributed by atoms with Crippen LogP contribution in [0.15, 0.2) is 28.8 Å². The molecule has 1 unspecified atom stereocenters. The van der Waals surface area contributed by atoms with E-state index in [9.17, 15) is 0 Å². The lowest BCUT2D eigenvalue weighted by molar-refractivity contribution is -0.706. The summed E-state index contributed by atoms with van der Waals surface area (Å²) >= 11 is 0. The second kappa shape index (κ2) is 6.17.